The lowest BCUT2D eigenvalue weighted by Gasteiger charge is -2.09. The lowest BCUT2D eigenvalue weighted by molar-refractivity contribution is 0.102. The van der Waals surface area contributed by atoms with Crippen LogP contribution in [0.25, 0.3) is 28.0 Å². The fourth-order valence-electron chi connectivity index (χ4n) is 3.80. The Morgan fingerprint density at radius 2 is 1.54 bits per heavy atom. The molecule has 2 heterocycles. The number of para-hydroxylation sites is 1. The Morgan fingerprint density at radius 3 is 2.29 bits per heavy atom. The van der Waals surface area contributed by atoms with Crippen molar-refractivity contribution in [1.29, 1.82) is 0 Å². The van der Waals surface area contributed by atoms with Crippen LogP contribution in [0.15, 0.2) is 96.0 Å². The van der Waals surface area contributed by atoms with Gasteiger partial charge in [-0.25, -0.2) is 13.4 Å². The molecule has 0 saturated carbocycles. The van der Waals surface area contributed by atoms with Crippen LogP contribution in [0.4, 0.5) is 0 Å². The number of rotatable bonds is 7. The first-order chi connectivity index (χ1) is 16.9. The number of nitrogens with zero attached hydrogens (tertiary/aromatic N) is 3. The summed E-state index contributed by atoms with van der Waals surface area (Å²) in [6.45, 7) is 0.653. The summed E-state index contributed by atoms with van der Waals surface area (Å²) in [5, 5.41) is 1.72. The molecule has 2 aromatic heterocycles. The van der Waals surface area contributed by atoms with E-state index in [2.05, 4.69) is 4.98 Å². The van der Waals surface area contributed by atoms with Gasteiger partial charge in [-0.1, -0.05) is 35.9 Å². The molecule has 0 unspecified atom stereocenters. The first-order valence-corrected chi connectivity index (χ1v) is 13.2. The van der Waals surface area contributed by atoms with E-state index in [4.69, 9.17) is 21.3 Å². The van der Waals surface area contributed by atoms with E-state index < -0.39 is 9.84 Å². The van der Waals surface area contributed by atoms with Gasteiger partial charge in [-0.2, -0.15) is 0 Å². The molecule has 0 spiro atoms. The Morgan fingerprint density at radius 1 is 0.829 bits per heavy atom. The molecule has 6 nitrogen and oxygen atoms in total. The molecule has 5 aromatic rings. The van der Waals surface area contributed by atoms with Gasteiger partial charge in [0, 0.05) is 34.1 Å². The topological polar surface area (TPSA) is 74.1 Å². The Hall–Kier alpha value is -3.52. The minimum atomic E-state index is -3.28. The molecule has 8 heteroatoms. The molecular weight excluding hydrogens is 482 g/mol. The summed E-state index contributed by atoms with van der Waals surface area (Å²) >= 11 is 6.07. The first-order valence-electron chi connectivity index (χ1n) is 10.9. The zero-order valence-electron chi connectivity index (χ0n) is 18.9. The molecule has 0 aliphatic heterocycles. The summed E-state index contributed by atoms with van der Waals surface area (Å²) in [7, 11) is -3.28. The highest BCUT2D eigenvalue weighted by atomic mass is 35.5. The van der Waals surface area contributed by atoms with E-state index >= 15 is 0 Å². The quantitative estimate of drug-likeness (QED) is 0.278. The third-order valence-electron chi connectivity index (χ3n) is 5.56. The summed E-state index contributed by atoms with van der Waals surface area (Å²) in [5.41, 5.74) is 4.18. The van der Waals surface area contributed by atoms with Crippen LogP contribution in [0.1, 0.15) is 11.4 Å². The van der Waals surface area contributed by atoms with Crippen molar-refractivity contribution < 1.29 is 13.2 Å². The van der Waals surface area contributed by atoms with Gasteiger partial charge in [0.2, 0.25) is 0 Å². The maximum absolute atomic E-state index is 11.9. The van der Waals surface area contributed by atoms with Crippen molar-refractivity contribution in [3.63, 3.8) is 0 Å². The SMILES string of the molecule is CS(=O)(=O)c1ccc(-n2cc(COCc3ccc4ccccc4n3)nc2-c2ccc(Cl)cc2)cc1. The van der Waals surface area contributed by atoms with Gasteiger partial charge in [0.05, 0.1) is 35.0 Å². The number of fused-ring (bicyclic) bond motifs is 1. The summed E-state index contributed by atoms with van der Waals surface area (Å²) in [6.07, 6.45) is 3.09. The van der Waals surface area contributed by atoms with Gasteiger partial charge in [-0.15, -0.1) is 0 Å². The van der Waals surface area contributed by atoms with Gasteiger partial charge in [-0.05, 0) is 60.7 Å². The largest absolute Gasteiger partial charge is 0.369 e. The Balaban J connectivity index is 1.41. The van der Waals surface area contributed by atoms with Gasteiger partial charge in [0.1, 0.15) is 5.82 Å². The Kier molecular flexibility index (Phi) is 6.38. The second-order valence-electron chi connectivity index (χ2n) is 8.19. The molecule has 3 aromatic carbocycles. The predicted octanol–water partition coefficient (Wildman–Crippen LogP) is 5.86. The second kappa shape index (κ2) is 9.62. The number of sulfone groups is 1. The summed E-state index contributed by atoms with van der Waals surface area (Å²) in [6, 6.07) is 26.1. The van der Waals surface area contributed by atoms with E-state index in [9.17, 15) is 8.42 Å². The number of hydrogen-bond donors (Lipinski definition) is 0. The number of pyridine rings is 1. The summed E-state index contributed by atoms with van der Waals surface area (Å²) in [5.74, 6) is 0.705. The monoisotopic (exact) mass is 503 g/mol. The molecule has 0 aliphatic carbocycles. The van der Waals surface area contributed by atoms with Crippen molar-refractivity contribution in [2.45, 2.75) is 18.1 Å². The van der Waals surface area contributed by atoms with Crippen molar-refractivity contribution in [2.75, 3.05) is 6.26 Å². The van der Waals surface area contributed by atoms with E-state index in [-0.39, 0.29) is 4.90 Å². The maximum Gasteiger partial charge on any atom is 0.175 e. The first kappa shape index (κ1) is 23.2. The zero-order valence-corrected chi connectivity index (χ0v) is 20.5. The lowest BCUT2D eigenvalue weighted by atomic mass is 10.2. The van der Waals surface area contributed by atoms with Crippen LogP contribution in [0.3, 0.4) is 0 Å². The van der Waals surface area contributed by atoms with Crippen LogP contribution >= 0.6 is 11.6 Å². The van der Waals surface area contributed by atoms with Crippen molar-refractivity contribution in [2.24, 2.45) is 0 Å². The van der Waals surface area contributed by atoms with Gasteiger partial charge < -0.3 is 4.74 Å². The Bertz CT molecular complexity index is 1600. The smallest absolute Gasteiger partial charge is 0.175 e. The third-order valence-corrected chi connectivity index (χ3v) is 6.94. The van der Waals surface area contributed by atoms with Crippen molar-refractivity contribution in [3.05, 3.63) is 108 Å². The van der Waals surface area contributed by atoms with Gasteiger partial charge in [0.25, 0.3) is 0 Å². The van der Waals surface area contributed by atoms with Crippen molar-refractivity contribution >= 4 is 32.3 Å². The second-order valence-corrected chi connectivity index (χ2v) is 10.6. The van der Waals surface area contributed by atoms with Crippen LogP contribution in [0, 0.1) is 0 Å². The molecule has 0 N–H and O–H groups in total. The third kappa shape index (κ3) is 5.27. The number of imidazole rings is 1. The number of hydrogen-bond acceptors (Lipinski definition) is 5. The van der Waals surface area contributed by atoms with Gasteiger partial charge in [0.15, 0.2) is 9.84 Å². The molecule has 5 rings (SSSR count). The summed E-state index contributed by atoms with van der Waals surface area (Å²) < 4.78 is 31.6. The Labute approximate surface area is 208 Å². The molecular formula is C27H22ClN3O3S. The van der Waals surface area contributed by atoms with E-state index in [0.717, 1.165) is 33.5 Å². The highest BCUT2D eigenvalue weighted by molar-refractivity contribution is 7.90. The molecule has 176 valence electrons. The minimum absolute atomic E-state index is 0.265. The average Bonchev–Trinajstić information content (AvgIpc) is 3.28. The van der Waals surface area contributed by atoms with E-state index in [1.807, 2.05) is 71.4 Å². The summed E-state index contributed by atoms with van der Waals surface area (Å²) in [4.78, 5) is 9.71. The van der Waals surface area contributed by atoms with Crippen LogP contribution in [-0.4, -0.2) is 29.2 Å². The zero-order chi connectivity index (χ0) is 24.4. The fourth-order valence-corrected chi connectivity index (χ4v) is 4.56. The van der Waals surface area contributed by atoms with Crippen LogP contribution in [0.5, 0.6) is 0 Å². The number of aromatic nitrogens is 3. The number of ether oxygens (including phenoxy) is 1. The van der Waals surface area contributed by atoms with Crippen LogP contribution in [0.2, 0.25) is 5.02 Å². The van der Waals surface area contributed by atoms with Gasteiger partial charge in [-0.3, -0.25) is 9.55 Å². The van der Waals surface area contributed by atoms with E-state index in [0.29, 0.717) is 24.1 Å². The standard InChI is InChI=1S/C27H22ClN3O3S/c1-35(32,33)25-14-12-24(13-15-25)31-16-23(30-27(31)20-6-9-21(28)10-7-20)18-34-17-22-11-8-19-4-2-3-5-26(19)29-22/h2-16H,17-18H2,1H3. The molecule has 0 fully saturated rings. The number of halogens is 1. The minimum Gasteiger partial charge on any atom is -0.369 e. The highest BCUT2D eigenvalue weighted by Crippen LogP contribution is 2.26. The normalized spacial score (nSPS) is 11.7. The lowest BCUT2D eigenvalue weighted by Crippen LogP contribution is -1.99. The number of benzene rings is 3. The average molecular weight is 504 g/mol. The molecule has 0 bridgehead atoms. The molecule has 35 heavy (non-hydrogen) atoms. The van der Waals surface area contributed by atoms with Crippen molar-refractivity contribution in [1.82, 2.24) is 14.5 Å². The fraction of sp³-hybridized carbons (Fsp3) is 0.111. The predicted molar refractivity (Wildman–Crippen MR) is 137 cm³/mol. The molecule has 0 aliphatic rings. The maximum atomic E-state index is 11.9. The van der Waals surface area contributed by atoms with E-state index in [1.54, 1.807) is 24.3 Å². The molecule has 0 atom stereocenters. The van der Waals surface area contributed by atoms with Crippen molar-refractivity contribution in [3.8, 4) is 17.1 Å². The van der Waals surface area contributed by atoms with Crippen LogP contribution < -0.4 is 0 Å². The van der Waals surface area contributed by atoms with E-state index in [1.165, 1.54) is 6.26 Å². The van der Waals surface area contributed by atoms with Crippen LogP contribution in [-0.2, 0) is 27.8 Å². The molecule has 0 saturated heterocycles. The van der Waals surface area contributed by atoms with Gasteiger partial charge >= 0.3 is 0 Å². The molecule has 0 amide bonds. The highest BCUT2D eigenvalue weighted by Gasteiger charge is 2.14. The molecule has 0 radical (unpaired) electrons.